The van der Waals surface area contributed by atoms with Gasteiger partial charge in [0.05, 0.1) is 5.70 Å². The first-order chi connectivity index (χ1) is 9.18. The lowest BCUT2D eigenvalue weighted by Crippen LogP contribution is -2.35. The average Bonchev–Trinajstić information content (AvgIpc) is 2.46. The maximum Gasteiger partial charge on any atom is 0.269 e. The van der Waals surface area contributed by atoms with Crippen molar-refractivity contribution >= 4 is 23.2 Å². The summed E-state index contributed by atoms with van der Waals surface area (Å²) in [5, 5.41) is 0.578. The zero-order chi connectivity index (χ0) is 13.7. The lowest BCUT2D eigenvalue weighted by Gasteiger charge is -2.12. The third-order valence-electron chi connectivity index (χ3n) is 2.56. The van der Waals surface area contributed by atoms with Crippen molar-refractivity contribution < 1.29 is 4.79 Å². The van der Waals surface area contributed by atoms with Gasteiger partial charge in [-0.25, -0.2) is 0 Å². The minimum absolute atomic E-state index is 0.228. The largest absolute Gasteiger partial charge is 0.298 e. The zero-order valence-electron chi connectivity index (χ0n) is 10.2. The monoisotopic (exact) mass is 272 g/mol. The third kappa shape index (κ3) is 3.36. The summed E-state index contributed by atoms with van der Waals surface area (Å²) >= 11 is 6.04. The molecule has 0 aliphatic heterocycles. The molecule has 0 heterocycles. The second-order valence-electron chi connectivity index (χ2n) is 3.90. The van der Waals surface area contributed by atoms with Gasteiger partial charge in [-0.1, -0.05) is 54.6 Å². The van der Waals surface area contributed by atoms with E-state index in [1.807, 2.05) is 24.3 Å². The molecule has 2 aromatic rings. The van der Waals surface area contributed by atoms with Gasteiger partial charge in [-0.05, 0) is 18.2 Å². The predicted octanol–water partition coefficient (Wildman–Crippen LogP) is 3.25. The van der Waals surface area contributed by atoms with Crippen LogP contribution in [0.25, 0.3) is 5.70 Å². The molecule has 96 valence electrons. The number of halogens is 1. The Morgan fingerprint density at radius 2 is 1.58 bits per heavy atom. The highest BCUT2D eigenvalue weighted by Gasteiger charge is 2.06. The Labute approximate surface area is 116 Å². The van der Waals surface area contributed by atoms with Crippen LogP contribution >= 0.6 is 11.6 Å². The summed E-state index contributed by atoms with van der Waals surface area (Å²) < 4.78 is 0. The number of hydrazine groups is 1. The molecule has 0 fully saturated rings. The number of hydrogen-bond acceptors (Lipinski definition) is 2. The number of rotatable bonds is 4. The van der Waals surface area contributed by atoms with Crippen molar-refractivity contribution in [2.24, 2.45) is 0 Å². The topological polar surface area (TPSA) is 41.1 Å². The van der Waals surface area contributed by atoms with Gasteiger partial charge in [-0.2, -0.15) is 0 Å². The van der Waals surface area contributed by atoms with E-state index in [1.165, 1.54) is 0 Å². The van der Waals surface area contributed by atoms with Gasteiger partial charge in [0.25, 0.3) is 5.91 Å². The van der Waals surface area contributed by atoms with Gasteiger partial charge < -0.3 is 0 Å². The Hall–Kier alpha value is -2.26. The molecular formula is C15H13ClN2O. The van der Waals surface area contributed by atoms with E-state index < -0.39 is 0 Å². The quantitative estimate of drug-likeness (QED) is 0.839. The van der Waals surface area contributed by atoms with Gasteiger partial charge in [0.2, 0.25) is 0 Å². The minimum Gasteiger partial charge on any atom is -0.298 e. The molecule has 0 bridgehead atoms. The molecule has 19 heavy (non-hydrogen) atoms. The van der Waals surface area contributed by atoms with Gasteiger partial charge in [0.1, 0.15) is 0 Å². The fourth-order valence-electron chi connectivity index (χ4n) is 1.57. The van der Waals surface area contributed by atoms with Crippen LogP contribution in [0.4, 0.5) is 0 Å². The summed E-state index contributed by atoms with van der Waals surface area (Å²) in [6, 6.07) is 16.2. The van der Waals surface area contributed by atoms with E-state index in [0.717, 1.165) is 5.56 Å². The smallest absolute Gasteiger partial charge is 0.269 e. The van der Waals surface area contributed by atoms with Crippen molar-refractivity contribution in [1.82, 2.24) is 10.9 Å². The number of carbonyl (C=O) groups excluding carboxylic acids is 1. The first-order valence-electron chi connectivity index (χ1n) is 5.73. The molecule has 2 N–H and O–H groups in total. The maximum absolute atomic E-state index is 11.8. The SMILES string of the molecule is C=C(NNC(=O)c1ccccc1)c1ccccc1Cl. The molecule has 0 saturated heterocycles. The van der Waals surface area contributed by atoms with Crippen molar-refractivity contribution in [3.63, 3.8) is 0 Å². The minimum atomic E-state index is -0.228. The molecule has 1 amide bonds. The van der Waals surface area contributed by atoms with Crippen molar-refractivity contribution in [3.05, 3.63) is 77.3 Å². The van der Waals surface area contributed by atoms with Gasteiger partial charge >= 0.3 is 0 Å². The number of benzene rings is 2. The van der Waals surface area contributed by atoms with Crippen molar-refractivity contribution in [3.8, 4) is 0 Å². The molecular weight excluding hydrogens is 260 g/mol. The summed E-state index contributed by atoms with van der Waals surface area (Å²) in [7, 11) is 0. The van der Waals surface area contributed by atoms with E-state index in [2.05, 4.69) is 17.4 Å². The van der Waals surface area contributed by atoms with Crippen LogP contribution < -0.4 is 10.9 Å². The Kier molecular flexibility index (Phi) is 4.21. The van der Waals surface area contributed by atoms with Crippen molar-refractivity contribution in [2.75, 3.05) is 0 Å². The molecule has 0 aromatic heterocycles. The highest BCUT2D eigenvalue weighted by molar-refractivity contribution is 6.32. The summed E-state index contributed by atoms with van der Waals surface area (Å²) in [6.45, 7) is 3.84. The number of nitrogens with one attached hydrogen (secondary N) is 2. The second-order valence-corrected chi connectivity index (χ2v) is 4.31. The molecule has 0 spiro atoms. The molecule has 0 atom stereocenters. The van der Waals surface area contributed by atoms with Crippen molar-refractivity contribution in [1.29, 1.82) is 0 Å². The lowest BCUT2D eigenvalue weighted by atomic mass is 10.2. The van der Waals surface area contributed by atoms with Crippen LogP contribution in [0.15, 0.2) is 61.2 Å². The van der Waals surface area contributed by atoms with E-state index in [1.54, 1.807) is 30.3 Å². The van der Waals surface area contributed by atoms with Gasteiger partial charge in [0.15, 0.2) is 0 Å². The summed E-state index contributed by atoms with van der Waals surface area (Å²) in [6.07, 6.45) is 0. The number of hydrogen-bond donors (Lipinski definition) is 2. The fraction of sp³-hybridized carbons (Fsp3) is 0. The van der Waals surface area contributed by atoms with Crippen molar-refractivity contribution in [2.45, 2.75) is 0 Å². The zero-order valence-corrected chi connectivity index (χ0v) is 10.9. The lowest BCUT2D eigenvalue weighted by molar-refractivity contribution is 0.0942. The second kappa shape index (κ2) is 6.07. The Bertz CT molecular complexity index is 596. The molecule has 2 aromatic carbocycles. The first kappa shape index (κ1) is 13.2. The standard InChI is InChI=1S/C15H13ClN2O/c1-11(13-9-5-6-10-14(13)16)17-18-15(19)12-7-3-2-4-8-12/h2-10,17H,1H2,(H,18,19). The van der Waals surface area contributed by atoms with Crippen LogP contribution in [-0.4, -0.2) is 5.91 Å². The highest BCUT2D eigenvalue weighted by Crippen LogP contribution is 2.19. The van der Waals surface area contributed by atoms with Gasteiger partial charge in [-0.3, -0.25) is 15.6 Å². The summed E-state index contributed by atoms with van der Waals surface area (Å²) in [4.78, 5) is 11.8. The Morgan fingerprint density at radius 1 is 0.947 bits per heavy atom. The average molecular weight is 273 g/mol. The van der Waals surface area contributed by atoms with Crippen LogP contribution in [-0.2, 0) is 0 Å². The molecule has 3 nitrogen and oxygen atoms in total. The van der Waals surface area contributed by atoms with Crippen LogP contribution in [0.1, 0.15) is 15.9 Å². The van der Waals surface area contributed by atoms with E-state index in [4.69, 9.17) is 11.6 Å². The molecule has 0 aliphatic rings. The normalized spacial score (nSPS) is 9.74. The highest BCUT2D eigenvalue weighted by atomic mass is 35.5. The van der Waals surface area contributed by atoms with Crippen LogP contribution in [0.2, 0.25) is 5.02 Å². The van der Waals surface area contributed by atoms with E-state index >= 15 is 0 Å². The predicted molar refractivity (Wildman–Crippen MR) is 77.5 cm³/mol. The molecule has 4 heteroatoms. The summed E-state index contributed by atoms with van der Waals surface area (Å²) in [5.41, 5.74) is 7.19. The number of carbonyl (C=O) groups is 1. The van der Waals surface area contributed by atoms with Crippen LogP contribution in [0, 0.1) is 0 Å². The van der Waals surface area contributed by atoms with E-state index in [-0.39, 0.29) is 5.91 Å². The van der Waals surface area contributed by atoms with Gasteiger partial charge in [-0.15, -0.1) is 0 Å². The molecule has 0 saturated carbocycles. The summed E-state index contributed by atoms with van der Waals surface area (Å²) in [5.74, 6) is -0.228. The van der Waals surface area contributed by atoms with E-state index in [9.17, 15) is 4.79 Å². The Morgan fingerprint density at radius 3 is 2.26 bits per heavy atom. The fourth-order valence-corrected chi connectivity index (χ4v) is 1.82. The first-order valence-corrected chi connectivity index (χ1v) is 6.11. The molecule has 0 aliphatic carbocycles. The molecule has 2 rings (SSSR count). The third-order valence-corrected chi connectivity index (χ3v) is 2.89. The van der Waals surface area contributed by atoms with Crippen LogP contribution in [0.5, 0.6) is 0 Å². The Balaban J connectivity index is 1.98. The van der Waals surface area contributed by atoms with Gasteiger partial charge in [0, 0.05) is 16.1 Å². The molecule has 0 radical (unpaired) electrons. The molecule has 0 unspecified atom stereocenters. The van der Waals surface area contributed by atoms with E-state index in [0.29, 0.717) is 16.3 Å². The maximum atomic E-state index is 11.8. The van der Waals surface area contributed by atoms with Crippen LogP contribution in [0.3, 0.4) is 0 Å². The number of amides is 1.